The third-order valence-corrected chi connectivity index (χ3v) is 5.44. The second kappa shape index (κ2) is 7.66. The SMILES string of the molecule is Cc1cccc(N2CCN(CN3C(=O)NC(CC(C)C)C3=O)CC2)c1C. The van der Waals surface area contributed by atoms with E-state index in [1.54, 1.807) is 0 Å². The summed E-state index contributed by atoms with van der Waals surface area (Å²) in [5.41, 5.74) is 3.92. The molecule has 2 aliphatic rings. The number of hydrogen-bond donors (Lipinski definition) is 1. The van der Waals surface area contributed by atoms with Crippen LogP contribution in [0.1, 0.15) is 31.4 Å². The molecule has 3 amide bonds. The molecule has 1 atom stereocenters. The van der Waals surface area contributed by atoms with Crippen LogP contribution in [0.15, 0.2) is 18.2 Å². The minimum atomic E-state index is -0.362. The number of imide groups is 1. The molecule has 1 aromatic rings. The van der Waals surface area contributed by atoms with E-state index in [2.05, 4.69) is 61.0 Å². The Morgan fingerprint density at radius 3 is 2.46 bits per heavy atom. The first kappa shape index (κ1) is 18.7. The molecule has 6 heteroatoms. The highest BCUT2D eigenvalue weighted by Crippen LogP contribution is 2.24. The molecule has 1 aromatic carbocycles. The number of benzene rings is 1. The lowest BCUT2D eigenvalue weighted by molar-refractivity contribution is -0.129. The van der Waals surface area contributed by atoms with Gasteiger partial charge in [-0.15, -0.1) is 0 Å². The Bertz CT molecular complexity index is 680. The summed E-state index contributed by atoms with van der Waals surface area (Å²) >= 11 is 0. The predicted octanol–water partition coefficient (Wildman–Crippen LogP) is 2.35. The molecule has 0 aliphatic carbocycles. The molecular weight excluding hydrogens is 328 g/mol. The fourth-order valence-electron chi connectivity index (χ4n) is 3.75. The number of anilines is 1. The fourth-order valence-corrected chi connectivity index (χ4v) is 3.75. The number of rotatable bonds is 5. The highest BCUT2D eigenvalue weighted by Gasteiger charge is 2.39. The monoisotopic (exact) mass is 358 g/mol. The standard InChI is InChI=1S/C20H30N4O2/c1-14(2)12-17-19(25)24(20(26)21-17)13-22-8-10-23(11-9-22)18-7-5-6-15(3)16(18)4/h5-7,14,17H,8-13H2,1-4H3,(H,21,26). The van der Waals surface area contributed by atoms with Gasteiger partial charge in [-0.2, -0.15) is 0 Å². The Morgan fingerprint density at radius 1 is 1.12 bits per heavy atom. The van der Waals surface area contributed by atoms with E-state index in [0.717, 1.165) is 26.2 Å². The lowest BCUT2D eigenvalue weighted by atomic mass is 10.0. The number of piperazine rings is 1. The maximum atomic E-state index is 12.5. The van der Waals surface area contributed by atoms with Gasteiger partial charge in [-0.25, -0.2) is 9.69 Å². The van der Waals surface area contributed by atoms with Gasteiger partial charge in [-0.3, -0.25) is 9.69 Å². The van der Waals surface area contributed by atoms with E-state index in [9.17, 15) is 9.59 Å². The first-order chi connectivity index (χ1) is 12.4. The third kappa shape index (κ3) is 3.85. The number of nitrogens with zero attached hydrogens (tertiary/aromatic N) is 3. The van der Waals surface area contributed by atoms with Crippen LogP contribution in [0.4, 0.5) is 10.5 Å². The van der Waals surface area contributed by atoms with Gasteiger partial charge in [0.25, 0.3) is 5.91 Å². The summed E-state index contributed by atoms with van der Waals surface area (Å²) in [4.78, 5) is 30.6. The van der Waals surface area contributed by atoms with Crippen molar-refractivity contribution in [2.24, 2.45) is 5.92 Å². The van der Waals surface area contributed by atoms with Crippen LogP contribution in [0.25, 0.3) is 0 Å². The lowest BCUT2D eigenvalue weighted by Gasteiger charge is -2.38. The highest BCUT2D eigenvalue weighted by atomic mass is 16.2. The molecule has 0 aromatic heterocycles. The molecule has 0 bridgehead atoms. The predicted molar refractivity (Wildman–Crippen MR) is 103 cm³/mol. The second-order valence-electron chi connectivity index (χ2n) is 7.86. The van der Waals surface area contributed by atoms with Crippen LogP contribution in [0.3, 0.4) is 0 Å². The third-order valence-electron chi connectivity index (χ3n) is 5.44. The Kier molecular flexibility index (Phi) is 5.51. The molecular formula is C20H30N4O2. The van der Waals surface area contributed by atoms with E-state index in [1.807, 2.05) is 0 Å². The largest absolute Gasteiger partial charge is 0.369 e. The summed E-state index contributed by atoms with van der Waals surface area (Å²) in [7, 11) is 0. The lowest BCUT2D eigenvalue weighted by Crippen LogP contribution is -2.51. The van der Waals surface area contributed by atoms with Gasteiger partial charge in [0.1, 0.15) is 6.04 Å². The molecule has 1 N–H and O–H groups in total. The smallest absolute Gasteiger partial charge is 0.325 e. The molecule has 0 spiro atoms. The van der Waals surface area contributed by atoms with Crippen molar-refractivity contribution in [3.05, 3.63) is 29.3 Å². The van der Waals surface area contributed by atoms with E-state index in [-0.39, 0.29) is 18.0 Å². The number of carbonyl (C=O) groups excluding carboxylic acids is 2. The molecule has 2 aliphatic heterocycles. The Morgan fingerprint density at radius 2 is 1.81 bits per heavy atom. The summed E-state index contributed by atoms with van der Waals surface area (Å²) in [6.07, 6.45) is 0.696. The van der Waals surface area contributed by atoms with Crippen molar-refractivity contribution < 1.29 is 9.59 Å². The van der Waals surface area contributed by atoms with Gasteiger partial charge < -0.3 is 10.2 Å². The summed E-state index contributed by atoms with van der Waals surface area (Å²) in [6, 6.07) is 5.80. The number of carbonyl (C=O) groups is 2. The van der Waals surface area contributed by atoms with Gasteiger partial charge >= 0.3 is 6.03 Å². The normalized spacial score (nSPS) is 21.7. The van der Waals surface area contributed by atoms with E-state index in [4.69, 9.17) is 0 Å². The number of nitrogens with one attached hydrogen (secondary N) is 1. The minimum Gasteiger partial charge on any atom is -0.369 e. The maximum Gasteiger partial charge on any atom is 0.325 e. The highest BCUT2D eigenvalue weighted by molar-refractivity contribution is 6.04. The van der Waals surface area contributed by atoms with Crippen molar-refractivity contribution in [2.45, 2.75) is 40.2 Å². The van der Waals surface area contributed by atoms with Crippen molar-refractivity contribution in [1.29, 1.82) is 0 Å². The van der Waals surface area contributed by atoms with Crippen LogP contribution in [0.5, 0.6) is 0 Å². The maximum absolute atomic E-state index is 12.5. The van der Waals surface area contributed by atoms with Crippen molar-refractivity contribution in [3.8, 4) is 0 Å². The van der Waals surface area contributed by atoms with Crippen LogP contribution in [-0.2, 0) is 4.79 Å². The van der Waals surface area contributed by atoms with Gasteiger partial charge in [-0.1, -0.05) is 26.0 Å². The average molecular weight is 358 g/mol. The number of amides is 3. The molecule has 0 radical (unpaired) electrons. The molecule has 26 heavy (non-hydrogen) atoms. The van der Waals surface area contributed by atoms with Crippen LogP contribution in [-0.4, -0.2) is 60.6 Å². The first-order valence-corrected chi connectivity index (χ1v) is 9.52. The van der Waals surface area contributed by atoms with E-state index < -0.39 is 0 Å². The fraction of sp³-hybridized carbons (Fsp3) is 0.600. The summed E-state index contributed by atoms with van der Waals surface area (Å²) < 4.78 is 0. The Balaban J connectivity index is 1.56. The average Bonchev–Trinajstić information content (AvgIpc) is 2.85. The van der Waals surface area contributed by atoms with Crippen LogP contribution in [0, 0.1) is 19.8 Å². The van der Waals surface area contributed by atoms with E-state index >= 15 is 0 Å². The van der Waals surface area contributed by atoms with E-state index in [0.29, 0.717) is 19.0 Å². The summed E-state index contributed by atoms with van der Waals surface area (Å²) in [5, 5.41) is 2.82. The van der Waals surface area contributed by atoms with Crippen LogP contribution >= 0.6 is 0 Å². The second-order valence-corrected chi connectivity index (χ2v) is 7.86. The van der Waals surface area contributed by atoms with Crippen LogP contribution in [0.2, 0.25) is 0 Å². The quantitative estimate of drug-likeness (QED) is 0.821. The summed E-state index contributed by atoms with van der Waals surface area (Å²) in [6.45, 7) is 12.3. The van der Waals surface area contributed by atoms with E-state index in [1.165, 1.54) is 21.7 Å². The summed E-state index contributed by atoms with van der Waals surface area (Å²) in [5.74, 6) is 0.297. The van der Waals surface area contributed by atoms with Gasteiger partial charge in [0.05, 0.1) is 6.67 Å². The van der Waals surface area contributed by atoms with Crippen LogP contribution < -0.4 is 10.2 Å². The van der Waals surface area contributed by atoms with Gasteiger partial charge in [0.2, 0.25) is 0 Å². The molecule has 0 saturated carbocycles. The number of aryl methyl sites for hydroxylation is 1. The molecule has 142 valence electrons. The zero-order chi connectivity index (χ0) is 18.8. The van der Waals surface area contributed by atoms with Gasteiger partial charge in [0.15, 0.2) is 0 Å². The number of hydrogen-bond acceptors (Lipinski definition) is 4. The van der Waals surface area contributed by atoms with Crippen molar-refractivity contribution in [3.63, 3.8) is 0 Å². The zero-order valence-corrected chi connectivity index (χ0v) is 16.3. The Labute approximate surface area is 156 Å². The van der Waals surface area contributed by atoms with Gasteiger partial charge in [-0.05, 0) is 43.4 Å². The topological polar surface area (TPSA) is 55.9 Å². The number of urea groups is 1. The minimum absolute atomic E-state index is 0.0827. The van der Waals surface area contributed by atoms with Crippen molar-refractivity contribution in [1.82, 2.24) is 15.1 Å². The zero-order valence-electron chi connectivity index (χ0n) is 16.3. The molecule has 3 rings (SSSR count). The van der Waals surface area contributed by atoms with Crippen molar-refractivity contribution >= 4 is 17.6 Å². The van der Waals surface area contributed by atoms with Crippen molar-refractivity contribution in [2.75, 3.05) is 37.7 Å². The molecule has 1 unspecified atom stereocenters. The first-order valence-electron chi connectivity index (χ1n) is 9.52. The molecule has 2 heterocycles. The molecule has 6 nitrogen and oxygen atoms in total. The van der Waals surface area contributed by atoms with Gasteiger partial charge in [0, 0.05) is 31.9 Å². The molecule has 2 saturated heterocycles. The Hall–Kier alpha value is -2.08. The molecule has 2 fully saturated rings.